The van der Waals surface area contributed by atoms with E-state index in [-0.39, 0.29) is 17.0 Å². The lowest BCUT2D eigenvalue weighted by molar-refractivity contribution is 0.0310. The quantitative estimate of drug-likeness (QED) is 0.501. The van der Waals surface area contributed by atoms with Crippen molar-refractivity contribution in [3.63, 3.8) is 0 Å². The summed E-state index contributed by atoms with van der Waals surface area (Å²) >= 11 is 0. The van der Waals surface area contributed by atoms with E-state index in [0.717, 1.165) is 29.4 Å². The first-order valence-corrected chi connectivity index (χ1v) is 9.33. The predicted octanol–water partition coefficient (Wildman–Crippen LogP) is 3.26. The van der Waals surface area contributed by atoms with Crippen molar-refractivity contribution in [2.24, 2.45) is 0 Å². The number of carbonyl (C=O) groups excluding carboxylic acids is 2. The maximum absolute atomic E-state index is 12.9. The van der Waals surface area contributed by atoms with Crippen LogP contribution in [0.1, 0.15) is 53.2 Å². The first-order valence-electron chi connectivity index (χ1n) is 9.33. The van der Waals surface area contributed by atoms with Crippen LogP contribution < -0.4 is 5.56 Å². The van der Waals surface area contributed by atoms with Crippen molar-refractivity contribution in [1.82, 2.24) is 14.8 Å². The van der Waals surface area contributed by atoms with Gasteiger partial charge in [0.2, 0.25) is 5.78 Å². The molecule has 28 heavy (non-hydrogen) atoms. The molecule has 0 saturated heterocycles. The van der Waals surface area contributed by atoms with E-state index in [1.165, 1.54) is 23.7 Å². The fourth-order valence-electron chi connectivity index (χ4n) is 3.10. The first kappa shape index (κ1) is 19.5. The molecule has 0 bridgehead atoms. The summed E-state index contributed by atoms with van der Waals surface area (Å²) in [7, 11) is 0. The molecule has 0 unspecified atom stereocenters. The van der Waals surface area contributed by atoms with Crippen molar-refractivity contribution < 1.29 is 14.3 Å². The van der Waals surface area contributed by atoms with Crippen LogP contribution in [0, 0.1) is 6.92 Å². The van der Waals surface area contributed by atoms with Crippen molar-refractivity contribution in [2.75, 3.05) is 0 Å². The Morgan fingerprint density at radius 1 is 1.21 bits per heavy atom. The van der Waals surface area contributed by atoms with E-state index in [0.29, 0.717) is 12.1 Å². The molecule has 0 spiro atoms. The maximum atomic E-state index is 12.9. The number of H-pyrrole nitrogens is 1. The number of hydrogen-bond acceptors (Lipinski definition) is 5. The molecule has 146 valence electrons. The second kappa shape index (κ2) is 8.21. The third kappa shape index (κ3) is 3.88. The number of para-hydroxylation sites is 1. The number of aromatic nitrogens is 3. The largest absolute Gasteiger partial charge is 0.449 e. The Bertz CT molecular complexity index is 1080. The van der Waals surface area contributed by atoms with E-state index < -0.39 is 12.1 Å². The van der Waals surface area contributed by atoms with E-state index in [4.69, 9.17) is 4.74 Å². The van der Waals surface area contributed by atoms with Crippen LogP contribution in [-0.4, -0.2) is 32.6 Å². The Kier molecular flexibility index (Phi) is 5.73. The van der Waals surface area contributed by atoms with Crippen molar-refractivity contribution in [1.29, 1.82) is 0 Å². The Morgan fingerprint density at radius 2 is 1.96 bits per heavy atom. The number of aryl methyl sites for hydroxylation is 2. The number of unbranched alkanes of at least 4 members (excludes halogenated alkanes) is 1. The van der Waals surface area contributed by atoms with Crippen LogP contribution in [0.25, 0.3) is 10.9 Å². The Labute approximate surface area is 162 Å². The number of nitrogens with zero attached hydrogens (tertiary/aromatic N) is 2. The van der Waals surface area contributed by atoms with Gasteiger partial charge < -0.3 is 9.72 Å². The molecule has 1 N–H and O–H groups in total. The molecule has 0 aliphatic heterocycles. The summed E-state index contributed by atoms with van der Waals surface area (Å²) in [6.45, 7) is 5.78. The smallest absolute Gasteiger partial charge is 0.359 e. The molecular formula is C21H23N3O4. The molecule has 7 heteroatoms. The number of ether oxygens (including phenoxy) is 1. The molecule has 2 heterocycles. The minimum Gasteiger partial charge on any atom is -0.449 e. The average molecular weight is 381 g/mol. The van der Waals surface area contributed by atoms with Gasteiger partial charge in [0.05, 0.1) is 0 Å². The maximum Gasteiger partial charge on any atom is 0.359 e. The molecule has 7 nitrogen and oxygen atoms in total. The van der Waals surface area contributed by atoms with E-state index in [1.54, 1.807) is 0 Å². The lowest BCUT2D eigenvalue weighted by atomic mass is 10.0. The second-order valence-corrected chi connectivity index (χ2v) is 6.72. The summed E-state index contributed by atoms with van der Waals surface area (Å²) in [5.41, 5.74) is 1.82. The average Bonchev–Trinajstić information content (AvgIpc) is 3.02. The van der Waals surface area contributed by atoms with E-state index in [9.17, 15) is 14.4 Å². The number of rotatable bonds is 7. The Morgan fingerprint density at radius 3 is 2.71 bits per heavy atom. The summed E-state index contributed by atoms with van der Waals surface area (Å²) in [5.74, 6) is -1.02. The van der Waals surface area contributed by atoms with Crippen LogP contribution >= 0.6 is 0 Å². The summed E-state index contributed by atoms with van der Waals surface area (Å²) in [5, 5.41) is 4.86. The molecule has 0 saturated carbocycles. The van der Waals surface area contributed by atoms with Gasteiger partial charge in [0.25, 0.3) is 5.56 Å². The lowest BCUT2D eigenvalue weighted by Crippen LogP contribution is -2.28. The number of carbonyl (C=O) groups is 2. The van der Waals surface area contributed by atoms with Crippen molar-refractivity contribution in [3.05, 3.63) is 63.7 Å². The van der Waals surface area contributed by atoms with Crippen LogP contribution in [-0.2, 0) is 11.3 Å². The number of esters is 1. The van der Waals surface area contributed by atoms with Gasteiger partial charge in [-0.25, -0.2) is 9.48 Å². The zero-order valence-electron chi connectivity index (χ0n) is 16.2. The second-order valence-electron chi connectivity index (χ2n) is 6.72. The predicted molar refractivity (Wildman–Crippen MR) is 106 cm³/mol. The number of aromatic amines is 1. The zero-order chi connectivity index (χ0) is 20.3. The highest BCUT2D eigenvalue weighted by Gasteiger charge is 2.25. The van der Waals surface area contributed by atoms with Gasteiger partial charge in [0.15, 0.2) is 11.8 Å². The number of fused-ring (bicyclic) bond motifs is 1. The Balaban J connectivity index is 1.79. The molecule has 0 radical (unpaired) electrons. The van der Waals surface area contributed by atoms with Gasteiger partial charge in [-0.2, -0.15) is 5.10 Å². The first-order chi connectivity index (χ1) is 13.4. The zero-order valence-corrected chi connectivity index (χ0v) is 16.2. The minimum atomic E-state index is -0.983. The number of benzene rings is 1. The molecule has 0 fully saturated rings. The molecule has 3 rings (SSSR count). The highest BCUT2D eigenvalue weighted by Crippen LogP contribution is 2.24. The fraction of sp³-hybridized carbons (Fsp3) is 0.333. The van der Waals surface area contributed by atoms with E-state index >= 15 is 0 Å². The van der Waals surface area contributed by atoms with Gasteiger partial charge in [0, 0.05) is 34.8 Å². The molecule has 3 aromatic rings. The van der Waals surface area contributed by atoms with Crippen molar-refractivity contribution in [2.45, 2.75) is 46.3 Å². The van der Waals surface area contributed by atoms with Crippen LogP contribution in [0.4, 0.5) is 0 Å². The van der Waals surface area contributed by atoms with E-state index in [2.05, 4.69) is 10.1 Å². The van der Waals surface area contributed by atoms with Gasteiger partial charge in [-0.15, -0.1) is 0 Å². The molecule has 2 aromatic heterocycles. The highest BCUT2D eigenvalue weighted by atomic mass is 16.5. The Hall–Kier alpha value is -3.22. The molecule has 1 aromatic carbocycles. The normalized spacial score (nSPS) is 12.1. The summed E-state index contributed by atoms with van der Waals surface area (Å²) in [6.07, 6.45) is 0.696. The molecule has 1 atom stereocenters. The van der Waals surface area contributed by atoms with Crippen LogP contribution in [0.3, 0.4) is 0 Å². The minimum absolute atomic E-state index is 0.00556. The van der Waals surface area contributed by atoms with Gasteiger partial charge in [0.1, 0.15) is 0 Å². The monoisotopic (exact) mass is 381 g/mol. The highest BCUT2D eigenvalue weighted by molar-refractivity contribution is 6.11. The van der Waals surface area contributed by atoms with Crippen molar-refractivity contribution >= 4 is 22.7 Å². The van der Waals surface area contributed by atoms with Gasteiger partial charge in [-0.3, -0.25) is 9.59 Å². The fourth-order valence-corrected chi connectivity index (χ4v) is 3.10. The standard InChI is InChI=1S/C21H23N3O4/c1-4-5-12-24-18(25)11-10-17(23-24)21(27)28-14(3)20(26)19-13(2)22-16-9-7-6-8-15(16)19/h6-11,14,22H,4-5,12H2,1-3H3/t14-/m0/s1. The summed E-state index contributed by atoms with van der Waals surface area (Å²) in [4.78, 5) is 40.4. The number of Topliss-reactive ketones (excluding diaryl/α,β-unsaturated/α-hetero) is 1. The van der Waals surface area contributed by atoms with Crippen LogP contribution in [0.15, 0.2) is 41.2 Å². The molecule has 0 aliphatic rings. The summed E-state index contributed by atoms with van der Waals surface area (Å²) in [6, 6.07) is 10.1. The topological polar surface area (TPSA) is 94.1 Å². The van der Waals surface area contributed by atoms with Crippen molar-refractivity contribution in [3.8, 4) is 0 Å². The number of nitrogens with one attached hydrogen (secondary N) is 1. The van der Waals surface area contributed by atoms with E-state index in [1.807, 2.05) is 38.1 Å². The van der Waals surface area contributed by atoms with Gasteiger partial charge in [-0.1, -0.05) is 31.5 Å². The summed E-state index contributed by atoms with van der Waals surface area (Å²) < 4.78 is 6.59. The molecule has 0 amide bonds. The number of hydrogen-bond donors (Lipinski definition) is 1. The third-order valence-corrected chi connectivity index (χ3v) is 4.59. The number of ketones is 1. The van der Waals surface area contributed by atoms with Gasteiger partial charge in [-0.05, 0) is 32.4 Å². The van der Waals surface area contributed by atoms with Crippen LogP contribution in [0.2, 0.25) is 0 Å². The lowest BCUT2D eigenvalue weighted by Gasteiger charge is -2.13. The third-order valence-electron chi connectivity index (χ3n) is 4.59. The molecular weight excluding hydrogens is 358 g/mol. The van der Waals surface area contributed by atoms with Gasteiger partial charge >= 0.3 is 5.97 Å². The molecule has 0 aliphatic carbocycles. The SMILES string of the molecule is CCCCn1nc(C(=O)O[C@@H](C)C(=O)c2c(C)[nH]c3ccccc23)ccc1=O. The van der Waals surface area contributed by atoms with Crippen LogP contribution in [0.5, 0.6) is 0 Å².